The molecule has 1 amide bonds. The van der Waals surface area contributed by atoms with E-state index in [9.17, 15) is 9.59 Å². The lowest BCUT2D eigenvalue weighted by Gasteiger charge is -2.11. The Balaban J connectivity index is 2.73. The Morgan fingerprint density at radius 1 is 1.31 bits per heavy atom. The normalized spacial score (nSPS) is 11.8. The Bertz CT molecular complexity index is 362. The molecule has 0 aliphatic heterocycles. The van der Waals surface area contributed by atoms with Crippen LogP contribution in [0.2, 0.25) is 0 Å². The number of hydrogen-bond donors (Lipinski definition) is 1. The molecule has 1 unspecified atom stereocenters. The smallest absolute Gasteiger partial charge is 0.318 e. The molecule has 0 spiro atoms. The first-order valence-electron chi connectivity index (χ1n) is 5.15. The van der Waals surface area contributed by atoms with Crippen LogP contribution in [0.25, 0.3) is 0 Å². The van der Waals surface area contributed by atoms with Crippen molar-refractivity contribution in [3.05, 3.63) is 35.9 Å². The van der Waals surface area contributed by atoms with Crippen molar-refractivity contribution in [3.63, 3.8) is 0 Å². The van der Waals surface area contributed by atoms with Crippen LogP contribution in [0.5, 0.6) is 0 Å². The number of esters is 1. The highest BCUT2D eigenvalue weighted by molar-refractivity contribution is 5.97. The van der Waals surface area contributed by atoms with Gasteiger partial charge in [-0.05, 0) is 18.9 Å². The summed E-state index contributed by atoms with van der Waals surface area (Å²) in [5.41, 5.74) is 6.06. The third-order valence-corrected chi connectivity index (χ3v) is 2.20. The minimum absolute atomic E-state index is 0.247. The highest BCUT2D eigenvalue weighted by Gasteiger charge is 2.25. The average Bonchev–Trinajstić information content (AvgIpc) is 2.27. The Hall–Kier alpha value is -1.84. The van der Waals surface area contributed by atoms with Gasteiger partial charge in [0.25, 0.3) is 0 Å². The molecule has 4 nitrogen and oxygen atoms in total. The maximum absolute atomic E-state index is 11.5. The largest absolute Gasteiger partial charge is 0.465 e. The number of ether oxygens (including phenoxy) is 1. The van der Waals surface area contributed by atoms with E-state index < -0.39 is 17.8 Å². The average molecular weight is 221 g/mol. The molecule has 0 saturated carbocycles. The van der Waals surface area contributed by atoms with Gasteiger partial charge in [-0.1, -0.05) is 30.3 Å². The summed E-state index contributed by atoms with van der Waals surface area (Å²) in [6.45, 7) is 1.94. The fraction of sp³-hybridized carbons (Fsp3) is 0.333. The van der Waals surface area contributed by atoms with E-state index in [1.807, 2.05) is 30.3 Å². The van der Waals surface area contributed by atoms with E-state index in [1.54, 1.807) is 6.92 Å². The third-order valence-electron chi connectivity index (χ3n) is 2.20. The van der Waals surface area contributed by atoms with E-state index in [-0.39, 0.29) is 13.0 Å². The second-order valence-electron chi connectivity index (χ2n) is 3.40. The number of nitrogens with two attached hydrogens (primary N) is 1. The predicted octanol–water partition coefficient (Wildman–Crippen LogP) is 0.894. The second kappa shape index (κ2) is 5.90. The number of carbonyl (C=O) groups is 2. The molecule has 0 heterocycles. The van der Waals surface area contributed by atoms with Crippen LogP contribution in [-0.4, -0.2) is 18.5 Å². The van der Waals surface area contributed by atoms with Gasteiger partial charge in [-0.25, -0.2) is 0 Å². The summed E-state index contributed by atoms with van der Waals surface area (Å²) >= 11 is 0. The molecular formula is C12H15NO3. The lowest BCUT2D eigenvalue weighted by Crippen LogP contribution is -2.33. The Morgan fingerprint density at radius 3 is 2.44 bits per heavy atom. The van der Waals surface area contributed by atoms with E-state index in [4.69, 9.17) is 10.5 Å². The monoisotopic (exact) mass is 221 g/mol. The minimum atomic E-state index is -0.901. The lowest BCUT2D eigenvalue weighted by molar-refractivity contribution is -0.151. The summed E-state index contributed by atoms with van der Waals surface area (Å²) in [7, 11) is 0. The number of rotatable bonds is 5. The number of amides is 1. The predicted molar refractivity (Wildman–Crippen MR) is 59.5 cm³/mol. The van der Waals surface area contributed by atoms with Crippen LogP contribution in [-0.2, 0) is 20.7 Å². The number of hydrogen-bond acceptors (Lipinski definition) is 3. The topological polar surface area (TPSA) is 69.4 Å². The van der Waals surface area contributed by atoms with Crippen LogP contribution >= 0.6 is 0 Å². The van der Waals surface area contributed by atoms with Gasteiger partial charge in [-0.3, -0.25) is 9.59 Å². The highest BCUT2D eigenvalue weighted by atomic mass is 16.5. The quantitative estimate of drug-likeness (QED) is 0.593. The van der Waals surface area contributed by atoms with E-state index >= 15 is 0 Å². The van der Waals surface area contributed by atoms with Crippen LogP contribution in [0.15, 0.2) is 30.3 Å². The van der Waals surface area contributed by atoms with Gasteiger partial charge in [0.1, 0.15) is 5.92 Å². The van der Waals surface area contributed by atoms with Crippen molar-refractivity contribution in [2.75, 3.05) is 6.61 Å². The zero-order valence-corrected chi connectivity index (χ0v) is 9.18. The summed E-state index contributed by atoms with van der Waals surface area (Å²) in [5.74, 6) is -2.11. The van der Waals surface area contributed by atoms with Crippen molar-refractivity contribution in [2.45, 2.75) is 13.3 Å². The molecule has 16 heavy (non-hydrogen) atoms. The molecule has 0 saturated heterocycles. The first-order chi connectivity index (χ1) is 7.65. The van der Waals surface area contributed by atoms with Gasteiger partial charge in [0.15, 0.2) is 0 Å². The molecular weight excluding hydrogens is 206 g/mol. The van der Waals surface area contributed by atoms with Crippen LogP contribution < -0.4 is 5.73 Å². The minimum Gasteiger partial charge on any atom is -0.465 e. The van der Waals surface area contributed by atoms with Gasteiger partial charge in [-0.2, -0.15) is 0 Å². The van der Waals surface area contributed by atoms with Gasteiger partial charge in [0.2, 0.25) is 5.91 Å². The molecule has 0 radical (unpaired) electrons. The molecule has 0 bridgehead atoms. The van der Waals surface area contributed by atoms with Gasteiger partial charge in [-0.15, -0.1) is 0 Å². The summed E-state index contributed by atoms with van der Waals surface area (Å²) in [4.78, 5) is 22.6. The molecule has 1 aromatic carbocycles. The molecule has 1 atom stereocenters. The SMILES string of the molecule is CCOC(=O)C(Cc1ccccc1)C(N)=O. The van der Waals surface area contributed by atoms with Crippen molar-refractivity contribution in [3.8, 4) is 0 Å². The zero-order valence-electron chi connectivity index (χ0n) is 9.18. The third kappa shape index (κ3) is 3.38. The van der Waals surface area contributed by atoms with Crippen molar-refractivity contribution in [1.82, 2.24) is 0 Å². The molecule has 4 heteroatoms. The number of carbonyl (C=O) groups excluding carboxylic acids is 2. The van der Waals surface area contributed by atoms with Crippen molar-refractivity contribution in [1.29, 1.82) is 0 Å². The molecule has 0 aromatic heterocycles. The van der Waals surface area contributed by atoms with Crippen molar-refractivity contribution in [2.24, 2.45) is 11.7 Å². The fourth-order valence-corrected chi connectivity index (χ4v) is 1.39. The molecule has 2 N–H and O–H groups in total. The molecule has 0 aliphatic carbocycles. The Labute approximate surface area is 94.4 Å². The number of primary amides is 1. The van der Waals surface area contributed by atoms with Crippen LogP contribution in [0, 0.1) is 5.92 Å². The van der Waals surface area contributed by atoms with Crippen LogP contribution in [0.3, 0.4) is 0 Å². The van der Waals surface area contributed by atoms with Gasteiger partial charge in [0.05, 0.1) is 6.61 Å². The molecule has 1 aromatic rings. The van der Waals surface area contributed by atoms with Gasteiger partial charge >= 0.3 is 5.97 Å². The van der Waals surface area contributed by atoms with E-state index in [0.717, 1.165) is 5.56 Å². The molecule has 0 aliphatic rings. The van der Waals surface area contributed by atoms with E-state index in [0.29, 0.717) is 0 Å². The van der Waals surface area contributed by atoms with Crippen LogP contribution in [0.4, 0.5) is 0 Å². The first-order valence-corrected chi connectivity index (χ1v) is 5.15. The maximum atomic E-state index is 11.5. The lowest BCUT2D eigenvalue weighted by atomic mass is 9.99. The Kier molecular flexibility index (Phi) is 4.51. The summed E-state index contributed by atoms with van der Waals surface area (Å²) in [6, 6.07) is 9.24. The van der Waals surface area contributed by atoms with E-state index in [2.05, 4.69) is 0 Å². The summed E-state index contributed by atoms with van der Waals surface area (Å²) < 4.78 is 4.80. The van der Waals surface area contributed by atoms with Crippen LogP contribution in [0.1, 0.15) is 12.5 Å². The number of benzene rings is 1. The molecule has 0 fully saturated rings. The first kappa shape index (κ1) is 12.2. The maximum Gasteiger partial charge on any atom is 0.318 e. The standard InChI is InChI=1S/C12H15NO3/c1-2-16-12(15)10(11(13)14)8-9-6-4-3-5-7-9/h3-7,10H,2,8H2,1H3,(H2,13,14). The highest BCUT2D eigenvalue weighted by Crippen LogP contribution is 2.10. The van der Waals surface area contributed by atoms with Crippen molar-refractivity contribution < 1.29 is 14.3 Å². The Morgan fingerprint density at radius 2 is 1.94 bits per heavy atom. The zero-order chi connectivity index (χ0) is 12.0. The van der Waals surface area contributed by atoms with E-state index in [1.165, 1.54) is 0 Å². The molecule has 86 valence electrons. The molecule has 1 rings (SSSR count). The fourth-order valence-electron chi connectivity index (χ4n) is 1.39. The summed E-state index contributed by atoms with van der Waals surface area (Å²) in [5, 5.41) is 0. The van der Waals surface area contributed by atoms with Gasteiger partial charge in [0, 0.05) is 0 Å². The summed E-state index contributed by atoms with van der Waals surface area (Å²) in [6.07, 6.45) is 0.287. The second-order valence-corrected chi connectivity index (χ2v) is 3.40. The van der Waals surface area contributed by atoms with Crippen molar-refractivity contribution >= 4 is 11.9 Å². The van der Waals surface area contributed by atoms with Gasteiger partial charge < -0.3 is 10.5 Å².